The van der Waals surface area contributed by atoms with Crippen molar-refractivity contribution in [3.8, 4) is 0 Å². The molecule has 4 aliphatic carbocycles. The number of allylic oxidation sites excluding steroid dienone is 1. The van der Waals surface area contributed by atoms with Crippen LogP contribution in [0.2, 0.25) is 5.31 Å². The van der Waals surface area contributed by atoms with Gasteiger partial charge in [0.1, 0.15) is 11.4 Å². The summed E-state index contributed by atoms with van der Waals surface area (Å²) in [6.07, 6.45) is 6.93. The van der Waals surface area contributed by atoms with Crippen molar-refractivity contribution in [1.82, 2.24) is 0 Å². The van der Waals surface area contributed by atoms with Crippen LogP contribution < -0.4 is 0 Å². The number of rotatable bonds is 0. The Kier molecular flexibility index (Phi) is 4.61. The molecule has 4 fully saturated rings. The lowest BCUT2D eigenvalue weighted by atomic mass is 9.45. The zero-order valence-electron chi connectivity index (χ0n) is 19.6. The lowest BCUT2D eigenvalue weighted by Crippen LogP contribution is -2.66. The maximum absolute atomic E-state index is 13.8. The number of carbonyl (C=O) groups excluding carboxylic acids is 3. The standard InChI is InChI=1S/C25H35BO5/c1-22(2,3)26-30-14-20(29)25(31-26)11-9-18-17-7-6-15-12-16(27)8-10-23(15,4)21(17)19(28)13-24(18,25)5/h12,17-18,21H,6-11,13-14H2,1-5H3. The Labute approximate surface area is 185 Å². The van der Waals surface area contributed by atoms with Crippen LogP contribution in [0.5, 0.6) is 0 Å². The first kappa shape index (κ1) is 21.6. The maximum Gasteiger partial charge on any atom is 0.463 e. The molecule has 1 aliphatic heterocycles. The largest absolute Gasteiger partial charge is 0.463 e. The average Bonchev–Trinajstić information content (AvgIpc) is 2.96. The number of hydrogen-bond acceptors (Lipinski definition) is 5. The quantitative estimate of drug-likeness (QED) is 0.539. The van der Waals surface area contributed by atoms with Gasteiger partial charge < -0.3 is 9.31 Å². The van der Waals surface area contributed by atoms with E-state index in [1.165, 1.54) is 5.57 Å². The Hall–Kier alpha value is -1.27. The highest BCUT2D eigenvalue weighted by Crippen LogP contribution is 2.68. The molecule has 0 aromatic heterocycles. The Balaban J connectivity index is 1.53. The van der Waals surface area contributed by atoms with Crippen molar-refractivity contribution in [2.75, 3.05) is 6.61 Å². The van der Waals surface area contributed by atoms with Crippen LogP contribution in [-0.2, 0) is 23.7 Å². The van der Waals surface area contributed by atoms with Crippen LogP contribution in [0, 0.1) is 28.6 Å². The number of carbonyl (C=O) groups is 3. The summed E-state index contributed by atoms with van der Waals surface area (Å²) in [5.41, 5.74) is -0.438. The molecule has 5 nitrogen and oxygen atoms in total. The molecule has 6 heteroatoms. The van der Waals surface area contributed by atoms with E-state index < -0.39 is 18.1 Å². The molecule has 6 unspecified atom stereocenters. The minimum Gasteiger partial charge on any atom is -0.403 e. The van der Waals surface area contributed by atoms with Gasteiger partial charge in [-0.25, -0.2) is 0 Å². The summed E-state index contributed by atoms with van der Waals surface area (Å²) in [6.45, 7) is 10.6. The third-order valence-corrected chi connectivity index (χ3v) is 9.61. The molecule has 0 aromatic rings. The molecule has 31 heavy (non-hydrogen) atoms. The molecule has 1 spiro atoms. The van der Waals surface area contributed by atoms with Gasteiger partial charge >= 0.3 is 7.12 Å². The second-order valence-electron chi connectivity index (χ2n) is 12.3. The fourth-order valence-electron chi connectivity index (χ4n) is 8.00. The number of fused-ring (bicyclic) bond motifs is 6. The molecule has 3 saturated carbocycles. The molecule has 0 radical (unpaired) electrons. The summed E-state index contributed by atoms with van der Waals surface area (Å²) < 4.78 is 12.4. The van der Waals surface area contributed by atoms with Gasteiger partial charge in [0.25, 0.3) is 0 Å². The van der Waals surface area contributed by atoms with E-state index in [1.54, 1.807) is 0 Å². The topological polar surface area (TPSA) is 69.7 Å². The second kappa shape index (κ2) is 6.63. The summed E-state index contributed by atoms with van der Waals surface area (Å²) in [5, 5.41) is -0.240. The van der Waals surface area contributed by atoms with Crippen molar-refractivity contribution in [2.45, 2.75) is 90.5 Å². The minimum absolute atomic E-state index is 0.00937. The van der Waals surface area contributed by atoms with Crippen molar-refractivity contribution in [2.24, 2.45) is 28.6 Å². The van der Waals surface area contributed by atoms with Gasteiger partial charge in [-0.05, 0) is 60.7 Å². The van der Waals surface area contributed by atoms with E-state index in [0.717, 1.165) is 25.7 Å². The van der Waals surface area contributed by atoms with Crippen molar-refractivity contribution >= 4 is 24.5 Å². The summed E-state index contributed by atoms with van der Waals surface area (Å²) in [4.78, 5) is 39.2. The van der Waals surface area contributed by atoms with Crippen molar-refractivity contribution < 1.29 is 23.7 Å². The third-order valence-electron chi connectivity index (χ3n) is 9.61. The molecule has 168 valence electrons. The lowest BCUT2D eigenvalue weighted by Gasteiger charge is -2.59. The summed E-state index contributed by atoms with van der Waals surface area (Å²) >= 11 is 0. The minimum atomic E-state index is -0.923. The number of Topliss-reactive ketones (excluding diaryl/α,β-unsaturated/α-hetero) is 2. The first-order valence-electron chi connectivity index (χ1n) is 12.0. The van der Waals surface area contributed by atoms with Crippen LogP contribution in [-0.4, -0.2) is 36.7 Å². The van der Waals surface area contributed by atoms with Gasteiger partial charge in [0.05, 0.1) is 6.61 Å². The van der Waals surface area contributed by atoms with Crippen LogP contribution in [0.25, 0.3) is 0 Å². The number of hydrogen-bond donors (Lipinski definition) is 0. The highest BCUT2D eigenvalue weighted by molar-refractivity contribution is 6.49. The molecule has 5 aliphatic rings. The van der Waals surface area contributed by atoms with Crippen LogP contribution in [0.3, 0.4) is 0 Å². The van der Waals surface area contributed by atoms with Gasteiger partial charge in [0.2, 0.25) is 0 Å². The predicted octanol–water partition coefficient (Wildman–Crippen LogP) is 4.34. The molecule has 1 saturated heterocycles. The van der Waals surface area contributed by atoms with E-state index in [4.69, 9.17) is 9.31 Å². The molecule has 5 rings (SSSR count). The van der Waals surface area contributed by atoms with Gasteiger partial charge in [0, 0.05) is 24.2 Å². The van der Waals surface area contributed by atoms with E-state index in [9.17, 15) is 14.4 Å². The van der Waals surface area contributed by atoms with Gasteiger partial charge in [-0.3, -0.25) is 14.4 Å². The van der Waals surface area contributed by atoms with Gasteiger partial charge in [0.15, 0.2) is 11.6 Å². The smallest absolute Gasteiger partial charge is 0.403 e. The molecule has 0 aromatic carbocycles. The van der Waals surface area contributed by atoms with Gasteiger partial charge in [-0.15, -0.1) is 0 Å². The molecule has 0 bridgehead atoms. The molecular weight excluding hydrogens is 391 g/mol. The molecular formula is C25H35BO5. The highest BCUT2D eigenvalue weighted by atomic mass is 16.6. The van der Waals surface area contributed by atoms with Crippen molar-refractivity contribution in [1.29, 1.82) is 0 Å². The maximum atomic E-state index is 13.8. The van der Waals surface area contributed by atoms with Crippen molar-refractivity contribution in [3.63, 3.8) is 0 Å². The Bertz CT molecular complexity index is 887. The normalized spacial score (nSPS) is 45.3. The first-order valence-corrected chi connectivity index (χ1v) is 12.0. The van der Waals surface area contributed by atoms with Crippen LogP contribution in [0.1, 0.15) is 79.6 Å². The van der Waals surface area contributed by atoms with Crippen LogP contribution in [0.15, 0.2) is 11.6 Å². The Morgan fingerprint density at radius 3 is 2.52 bits per heavy atom. The van der Waals surface area contributed by atoms with E-state index in [-0.39, 0.29) is 52.4 Å². The second-order valence-corrected chi connectivity index (χ2v) is 12.3. The van der Waals surface area contributed by atoms with Crippen LogP contribution >= 0.6 is 0 Å². The van der Waals surface area contributed by atoms with Gasteiger partial charge in [-0.1, -0.05) is 40.2 Å². The summed E-state index contributed by atoms with van der Waals surface area (Å²) in [6, 6.07) is 0. The van der Waals surface area contributed by atoms with Gasteiger partial charge in [-0.2, -0.15) is 0 Å². The third kappa shape index (κ3) is 2.79. The van der Waals surface area contributed by atoms with E-state index in [0.29, 0.717) is 19.3 Å². The molecule has 0 amide bonds. The molecule has 1 heterocycles. The highest BCUT2D eigenvalue weighted by Gasteiger charge is 2.71. The molecule has 0 N–H and O–H groups in total. The lowest BCUT2D eigenvalue weighted by molar-refractivity contribution is -0.175. The van der Waals surface area contributed by atoms with E-state index in [2.05, 4.69) is 34.6 Å². The van der Waals surface area contributed by atoms with Crippen molar-refractivity contribution in [3.05, 3.63) is 11.6 Å². The zero-order valence-corrected chi connectivity index (χ0v) is 19.6. The monoisotopic (exact) mass is 426 g/mol. The Morgan fingerprint density at radius 1 is 1.06 bits per heavy atom. The van der Waals surface area contributed by atoms with E-state index in [1.807, 2.05) is 6.08 Å². The Morgan fingerprint density at radius 2 is 1.81 bits per heavy atom. The average molecular weight is 426 g/mol. The summed E-state index contributed by atoms with van der Waals surface area (Å²) in [5.74, 6) is 0.982. The predicted molar refractivity (Wildman–Crippen MR) is 117 cm³/mol. The number of ketones is 3. The molecule has 6 atom stereocenters. The summed E-state index contributed by atoms with van der Waals surface area (Å²) in [7, 11) is -0.448. The first-order chi connectivity index (χ1) is 14.4. The van der Waals surface area contributed by atoms with Crippen LogP contribution in [0.4, 0.5) is 0 Å². The fourth-order valence-corrected chi connectivity index (χ4v) is 8.00. The zero-order chi connectivity index (χ0) is 22.4. The fraction of sp³-hybridized carbons (Fsp3) is 0.800. The van der Waals surface area contributed by atoms with E-state index >= 15 is 0 Å². The SMILES string of the molecule is CC(C)(C)B1OCC(=O)C2(CCC3C4CCC5=CC(=O)CCC5(C)C4C(=O)CC32C)O1.